The average molecular weight is 581 g/mol. The molecule has 1 heterocycles. The van der Waals surface area contributed by atoms with Gasteiger partial charge in [-0.1, -0.05) is 54.5 Å². The number of aryl methyl sites for hydroxylation is 2. The van der Waals surface area contributed by atoms with Crippen LogP contribution in [0.5, 0.6) is 0 Å². The average Bonchev–Trinajstić information content (AvgIpc) is 3.79. The van der Waals surface area contributed by atoms with Crippen molar-refractivity contribution in [2.75, 3.05) is 17.3 Å². The molecule has 8 nitrogen and oxygen atoms in total. The number of carboxylic acid groups (broad SMARTS) is 1. The summed E-state index contributed by atoms with van der Waals surface area (Å²) >= 11 is 0. The lowest BCUT2D eigenvalue weighted by Gasteiger charge is -2.40. The predicted octanol–water partition coefficient (Wildman–Crippen LogP) is 8.22. The second-order valence-corrected chi connectivity index (χ2v) is 12.3. The van der Waals surface area contributed by atoms with Gasteiger partial charge in [0.25, 0.3) is 6.47 Å². The van der Waals surface area contributed by atoms with Gasteiger partial charge >= 0.3 is 0 Å². The second-order valence-electron chi connectivity index (χ2n) is 12.3. The first kappa shape index (κ1) is 34.8. The van der Waals surface area contributed by atoms with Crippen LogP contribution in [-0.4, -0.2) is 41.5 Å². The number of carbonyl (C=O) groups is 2. The summed E-state index contributed by atoms with van der Waals surface area (Å²) in [5.74, 6) is 1.49. The zero-order valence-corrected chi connectivity index (χ0v) is 27.3. The normalized spacial score (nSPS) is 18.9. The molecule has 1 aromatic carbocycles. The lowest BCUT2D eigenvalue weighted by Crippen LogP contribution is -2.36. The first-order chi connectivity index (χ1) is 19.8. The van der Waals surface area contributed by atoms with Crippen molar-refractivity contribution >= 4 is 35.5 Å². The predicted molar refractivity (Wildman–Crippen MR) is 172 cm³/mol. The van der Waals surface area contributed by atoms with E-state index in [2.05, 4.69) is 52.1 Å². The van der Waals surface area contributed by atoms with E-state index in [1.807, 2.05) is 46.9 Å². The maximum atomic E-state index is 13.7. The van der Waals surface area contributed by atoms with Gasteiger partial charge in [-0.3, -0.25) is 19.9 Å². The van der Waals surface area contributed by atoms with Crippen LogP contribution in [-0.2, 0) is 14.3 Å². The first-order valence-corrected chi connectivity index (χ1v) is 15.3. The van der Waals surface area contributed by atoms with Crippen LogP contribution in [0.25, 0.3) is 0 Å². The first-order valence-electron chi connectivity index (χ1n) is 15.3. The standard InChI is InChI=1S/C31H44N4O2.C2H6.CH2O2/c1-18(2)30(36)35(26-16-20(4)19(3)15-24(26)22-10-11-22)27-14-13-25(33-8)28(34-27)29(32)37-23-12-9-21(5)31(6,7)17-23;1-2;2-1-3/h13-16,18,21-23,32-33H,9-12,17H2,1-8H3;1-2H3;1H,(H,2,3). The molecule has 232 valence electrons. The molecule has 1 aromatic heterocycles. The molecule has 0 radical (unpaired) electrons. The van der Waals surface area contributed by atoms with Crippen LogP contribution in [0.1, 0.15) is 109 Å². The number of hydrogen-bond acceptors (Lipinski definition) is 6. The summed E-state index contributed by atoms with van der Waals surface area (Å²) in [7, 11) is 1.82. The molecule has 2 aliphatic rings. The molecule has 2 unspecified atom stereocenters. The number of rotatable bonds is 7. The van der Waals surface area contributed by atoms with Crippen molar-refractivity contribution in [3.8, 4) is 0 Å². The molecule has 8 heteroatoms. The van der Waals surface area contributed by atoms with E-state index >= 15 is 0 Å². The van der Waals surface area contributed by atoms with E-state index in [-0.39, 0.29) is 35.7 Å². The molecule has 2 saturated carbocycles. The second kappa shape index (κ2) is 15.2. The Bertz CT molecular complexity index is 1240. The zero-order chi connectivity index (χ0) is 31.8. The molecule has 1 amide bonds. The van der Waals surface area contributed by atoms with E-state index in [9.17, 15) is 4.79 Å². The quantitative estimate of drug-likeness (QED) is 0.173. The highest BCUT2D eigenvalue weighted by atomic mass is 16.5. The van der Waals surface area contributed by atoms with Crippen LogP contribution >= 0.6 is 0 Å². The number of pyridine rings is 1. The molecule has 2 fully saturated rings. The summed E-state index contributed by atoms with van der Waals surface area (Å²) in [5, 5.41) is 18.9. The van der Waals surface area contributed by atoms with Gasteiger partial charge < -0.3 is 15.2 Å². The van der Waals surface area contributed by atoms with Crippen LogP contribution in [0.4, 0.5) is 17.2 Å². The summed E-state index contributed by atoms with van der Waals surface area (Å²) in [6, 6.07) is 8.15. The van der Waals surface area contributed by atoms with Gasteiger partial charge in [0.2, 0.25) is 11.8 Å². The van der Waals surface area contributed by atoms with E-state index in [0.29, 0.717) is 23.3 Å². The maximum Gasteiger partial charge on any atom is 0.290 e. The summed E-state index contributed by atoms with van der Waals surface area (Å²) in [4.78, 5) is 28.7. The monoisotopic (exact) mass is 580 g/mol. The number of amides is 1. The van der Waals surface area contributed by atoms with Crippen molar-refractivity contribution in [2.45, 2.75) is 106 Å². The molecule has 42 heavy (non-hydrogen) atoms. The minimum absolute atomic E-state index is 0.00345. The van der Waals surface area contributed by atoms with Gasteiger partial charge in [-0.05, 0) is 98.1 Å². The Morgan fingerprint density at radius 1 is 1.14 bits per heavy atom. The van der Waals surface area contributed by atoms with Crippen LogP contribution in [0.3, 0.4) is 0 Å². The fourth-order valence-corrected chi connectivity index (χ4v) is 5.34. The number of anilines is 3. The van der Waals surface area contributed by atoms with E-state index in [0.717, 1.165) is 49.0 Å². The molecule has 3 N–H and O–H groups in total. The smallest absolute Gasteiger partial charge is 0.290 e. The molecule has 2 aliphatic carbocycles. The van der Waals surface area contributed by atoms with Gasteiger partial charge in [0.05, 0.1) is 11.4 Å². The number of aromatic nitrogens is 1. The van der Waals surface area contributed by atoms with E-state index in [4.69, 9.17) is 25.0 Å². The Balaban J connectivity index is 0.00000116. The third-order valence-electron chi connectivity index (χ3n) is 8.50. The van der Waals surface area contributed by atoms with Crippen LogP contribution in [0.15, 0.2) is 24.3 Å². The van der Waals surface area contributed by atoms with Crippen molar-refractivity contribution in [3.05, 3.63) is 46.6 Å². The highest BCUT2D eigenvalue weighted by Gasteiger charge is 2.36. The van der Waals surface area contributed by atoms with Crippen LogP contribution in [0, 0.1) is 36.5 Å². The Labute approximate surface area is 252 Å². The van der Waals surface area contributed by atoms with Gasteiger partial charge in [0.1, 0.15) is 17.6 Å². The van der Waals surface area contributed by atoms with Gasteiger partial charge in [-0.15, -0.1) is 0 Å². The molecule has 2 atom stereocenters. The van der Waals surface area contributed by atoms with E-state index < -0.39 is 0 Å². The molecular formula is C34H52N4O4. The summed E-state index contributed by atoms with van der Waals surface area (Å²) in [6.07, 6.45) is 5.22. The number of benzene rings is 1. The molecular weight excluding hydrogens is 528 g/mol. The minimum Gasteiger partial charge on any atom is -0.483 e. The van der Waals surface area contributed by atoms with Crippen molar-refractivity contribution in [2.24, 2.45) is 17.3 Å². The molecule has 0 spiro atoms. The Morgan fingerprint density at radius 3 is 2.26 bits per heavy atom. The van der Waals surface area contributed by atoms with Gasteiger partial charge in [0, 0.05) is 13.0 Å². The van der Waals surface area contributed by atoms with Crippen molar-refractivity contribution in [1.29, 1.82) is 5.41 Å². The highest BCUT2D eigenvalue weighted by molar-refractivity contribution is 6.03. The number of nitrogens with zero attached hydrogens (tertiary/aromatic N) is 2. The third kappa shape index (κ3) is 8.33. The lowest BCUT2D eigenvalue weighted by atomic mass is 9.69. The summed E-state index contributed by atoms with van der Waals surface area (Å²) < 4.78 is 6.24. The van der Waals surface area contributed by atoms with Crippen molar-refractivity contribution < 1.29 is 19.4 Å². The summed E-state index contributed by atoms with van der Waals surface area (Å²) in [5.41, 5.74) is 5.85. The van der Waals surface area contributed by atoms with Crippen LogP contribution in [0.2, 0.25) is 0 Å². The number of carbonyl (C=O) groups excluding carboxylic acids is 1. The van der Waals surface area contributed by atoms with Gasteiger partial charge in [-0.25, -0.2) is 4.98 Å². The molecule has 0 saturated heterocycles. The van der Waals surface area contributed by atoms with E-state index in [1.54, 1.807) is 4.90 Å². The molecule has 4 rings (SSSR count). The lowest BCUT2D eigenvalue weighted by molar-refractivity contribution is -0.123. The summed E-state index contributed by atoms with van der Waals surface area (Å²) in [6.45, 7) is 18.7. The third-order valence-corrected chi connectivity index (χ3v) is 8.50. The van der Waals surface area contributed by atoms with E-state index in [1.165, 1.54) is 11.1 Å². The highest BCUT2D eigenvalue weighted by Crippen LogP contribution is 2.47. The van der Waals surface area contributed by atoms with Crippen molar-refractivity contribution in [1.82, 2.24) is 4.98 Å². The molecule has 2 aromatic rings. The topological polar surface area (TPSA) is 116 Å². The Morgan fingerprint density at radius 2 is 1.74 bits per heavy atom. The number of hydrogen-bond donors (Lipinski definition) is 3. The SMILES string of the molecule is CC.CNc1ccc(N(C(=O)C(C)C)c2cc(C)c(C)cc2C2CC2)nc1C(=N)OC1CCC(C)C(C)(C)C1.O=CO. The largest absolute Gasteiger partial charge is 0.483 e. The molecule has 0 bridgehead atoms. The minimum atomic E-state index is -0.250. The number of nitrogens with one attached hydrogen (secondary N) is 2. The number of ether oxygens (including phenoxy) is 1. The zero-order valence-electron chi connectivity index (χ0n) is 27.3. The maximum absolute atomic E-state index is 13.7. The molecule has 0 aliphatic heterocycles. The van der Waals surface area contributed by atoms with Crippen molar-refractivity contribution in [3.63, 3.8) is 0 Å². The van der Waals surface area contributed by atoms with Gasteiger partial charge in [-0.2, -0.15) is 0 Å². The fraction of sp³-hybridized carbons (Fsp3) is 0.588. The van der Waals surface area contributed by atoms with Gasteiger partial charge in [0.15, 0.2) is 0 Å². The van der Waals surface area contributed by atoms with Crippen LogP contribution < -0.4 is 10.2 Å². The Hall–Kier alpha value is -3.42. The fourth-order valence-electron chi connectivity index (χ4n) is 5.34. The Kier molecular flexibility index (Phi) is 12.6.